The number of benzene rings is 1. The van der Waals surface area contributed by atoms with Crippen molar-refractivity contribution in [3.05, 3.63) is 29.6 Å². The van der Waals surface area contributed by atoms with Gasteiger partial charge in [-0.15, -0.1) is 0 Å². The SMILES string of the molecule is COc1cc([C@H]2CCCCN2)ccc1F. The minimum atomic E-state index is -0.294. The quantitative estimate of drug-likeness (QED) is 0.808. The van der Waals surface area contributed by atoms with E-state index in [2.05, 4.69) is 5.32 Å². The summed E-state index contributed by atoms with van der Waals surface area (Å²) in [6.45, 7) is 1.05. The predicted octanol–water partition coefficient (Wildman–Crippen LogP) is 2.65. The lowest BCUT2D eigenvalue weighted by Gasteiger charge is -2.24. The summed E-state index contributed by atoms with van der Waals surface area (Å²) < 4.78 is 18.2. The van der Waals surface area contributed by atoms with E-state index in [1.807, 2.05) is 6.07 Å². The van der Waals surface area contributed by atoms with Gasteiger partial charge in [0.25, 0.3) is 0 Å². The highest BCUT2D eigenvalue weighted by atomic mass is 19.1. The van der Waals surface area contributed by atoms with Crippen molar-refractivity contribution in [3.8, 4) is 5.75 Å². The second kappa shape index (κ2) is 4.62. The average molecular weight is 209 g/mol. The van der Waals surface area contributed by atoms with Crippen LogP contribution in [0.3, 0.4) is 0 Å². The zero-order chi connectivity index (χ0) is 10.7. The van der Waals surface area contributed by atoms with Crippen molar-refractivity contribution in [2.45, 2.75) is 25.3 Å². The molecule has 3 heteroatoms. The Hall–Kier alpha value is -1.09. The monoisotopic (exact) mass is 209 g/mol. The third-order valence-corrected chi connectivity index (χ3v) is 2.89. The molecule has 2 rings (SSSR count). The molecule has 1 saturated heterocycles. The third-order valence-electron chi connectivity index (χ3n) is 2.89. The minimum Gasteiger partial charge on any atom is -0.494 e. The van der Waals surface area contributed by atoms with Crippen molar-refractivity contribution in [1.82, 2.24) is 5.32 Å². The van der Waals surface area contributed by atoms with Gasteiger partial charge in [-0.05, 0) is 37.1 Å². The smallest absolute Gasteiger partial charge is 0.165 e. The van der Waals surface area contributed by atoms with E-state index >= 15 is 0 Å². The van der Waals surface area contributed by atoms with Crippen molar-refractivity contribution in [1.29, 1.82) is 0 Å². The molecule has 1 fully saturated rings. The summed E-state index contributed by atoms with van der Waals surface area (Å²) in [7, 11) is 1.50. The first kappa shape index (κ1) is 10.4. The van der Waals surface area contributed by atoms with E-state index in [1.54, 1.807) is 6.07 Å². The summed E-state index contributed by atoms with van der Waals surface area (Å²) in [5.41, 5.74) is 1.12. The van der Waals surface area contributed by atoms with Crippen molar-refractivity contribution in [2.24, 2.45) is 0 Å². The van der Waals surface area contributed by atoms with E-state index in [4.69, 9.17) is 4.74 Å². The fraction of sp³-hybridized carbons (Fsp3) is 0.500. The molecule has 0 spiro atoms. The first-order valence-corrected chi connectivity index (χ1v) is 5.38. The van der Waals surface area contributed by atoms with E-state index < -0.39 is 0 Å². The maximum Gasteiger partial charge on any atom is 0.165 e. The summed E-state index contributed by atoms with van der Waals surface area (Å²) in [6.07, 6.45) is 3.58. The Morgan fingerprint density at radius 2 is 2.27 bits per heavy atom. The van der Waals surface area contributed by atoms with Crippen LogP contribution in [0.5, 0.6) is 5.75 Å². The number of rotatable bonds is 2. The summed E-state index contributed by atoms with van der Waals surface area (Å²) >= 11 is 0. The molecule has 2 nitrogen and oxygen atoms in total. The predicted molar refractivity (Wildman–Crippen MR) is 57.5 cm³/mol. The van der Waals surface area contributed by atoms with Gasteiger partial charge in [0.2, 0.25) is 0 Å². The summed E-state index contributed by atoms with van der Waals surface area (Å²) in [6, 6.07) is 5.46. The number of nitrogens with one attached hydrogen (secondary N) is 1. The lowest BCUT2D eigenvalue weighted by molar-refractivity contribution is 0.379. The number of hydrogen-bond acceptors (Lipinski definition) is 2. The third kappa shape index (κ3) is 2.29. The molecule has 1 heterocycles. The molecule has 15 heavy (non-hydrogen) atoms. The standard InChI is InChI=1S/C12H16FNO/c1-15-12-8-9(5-6-10(12)13)11-4-2-3-7-14-11/h5-6,8,11,14H,2-4,7H2,1H3/t11-/m1/s1. The topological polar surface area (TPSA) is 21.3 Å². The van der Waals surface area contributed by atoms with Crippen LogP contribution in [-0.2, 0) is 0 Å². The number of piperidine rings is 1. The van der Waals surface area contributed by atoms with Crippen LogP contribution in [0.25, 0.3) is 0 Å². The van der Waals surface area contributed by atoms with E-state index in [0.29, 0.717) is 11.8 Å². The van der Waals surface area contributed by atoms with Gasteiger partial charge in [0, 0.05) is 6.04 Å². The molecule has 1 aliphatic rings. The molecule has 82 valence electrons. The molecule has 1 atom stereocenters. The summed E-state index contributed by atoms with van der Waals surface area (Å²) in [5.74, 6) is 0.0388. The van der Waals surface area contributed by atoms with E-state index in [9.17, 15) is 4.39 Å². The minimum absolute atomic E-state index is 0.294. The highest BCUT2D eigenvalue weighted by Crippen LogP contribution is 2.27. The van der Waals surface area contributed by atoms with E-state index in [1.165, 1.54) is 26.0 Å². The Labute approximate surface area is 89.4 Å². The summed E-state index contributed by atoms with van der Waals surface area (Å²) in [5, 5.41) is 3.43. The maximum absolute atomic E-state index is 13.2. The van der Waals surface area contributed by atoms with Crippen LogP contribution in [0.4, 0.5) is 4.39 Å². The van der Waals surface area contributed by atoms with Crippen LogP contribution in [0.2, 0.25) is 0 Å². The Bertz CT molecular complexity index is 334. The van der Waals surface area contributed by atoms with Gasteiger partial charge >= 0.3 is 0 Å². The van der Waals surface area contributed by atoms with Crippen LogP contribution < -0.4 is 10.1 Å². The van der Waals surface area contributed by atoms with Gasteiger partial charge in [0.1, 0.15) is 0 Å². The zero-order valence-corrected chi connectivity index (χ0v) is 8.92. The number of hydrogen-bond donors (Lipinski definition) is 1. The highest BCUT2D eigenvalue weighted by Gasteiger charge is 2.16. The van der Waals surface area contributed by atoms with Gasteiger partial charge in [-0.1, -0.05) is 12.5 Å². The molecule has 1 aromatic rings. The molecule has 0 bridgehead atoms. The van der Waals surface area contributed by atoms with Crippen LogP contribution >= 0.6 is 0 Å². The molecular formula is C12H16FNO. The fourth-order valence-electron chi connectivity index (χ4n) is 2.03. The number of methoxy groups -OCH3 is 1. The number of ether oxygens (including phenoxy) is 1. The average Bonchev–Trinajstić information content (AvgIpc) is 2.31. The Morgan fingerprint density at radius 3 is 2.93 bits per heavy atom. The van der Waals surface area contributed by atoms with Crippen molar-refractivity contribution in [2.75, 3.05) is 13.7 Å². The molecule has 0 saturated carbocycles. The van der Waals surface area contributed by atoms with Gasteiger partial charge < -0.3 is 10.1 Å². The molecular weight excluding hydrogens is 193 g/mol. The van der Waals surface area contributed by atoms with E-state index in [-0.39, 0.29) is 5.82 Å². The molecule has 0 aliphatic carbocycles. The Kier molecular flexibility index (Phi) is 3.21. The molecule has 0 amide bonds. The van der Waals surface area contributed by atoms with Gasteiger partial charge in [-0.3, -0.25) is 0 Å². The van der Waals surface area contributed by atoms with Crippen LogP contribution in [0.1, 0.15) is 30.9 Å². The van der Waals surface area contributed by atoms with Gasteiger partial charge in [0.15, 0.2) is 11.6 Å². The number of halogens is 1. The fourth-order valence-corrected chi connectivity index (χ4v) is 2.03. The van der Waals surface area contributed by atoms with Crippen LogP contribution in [0, 0.1) is 5.82 Å². The largest absolute Gasteiger partial charge is 0.494 e. The lowest BCUT2D eigenvalue weighted by atomic mass is 9.97. The van der Waals surface area contributed by atoms with Gasteiger partial charge in [0.05, 0.1) is 7.11 Å². The second-order valence-corrected chi connectivity index (χ2v) is 3.90. The van der Waals surface area contributed by atoms with E-state index in [0.717, 1.165) is 18.5 Å². The molecule has 0 radical (unpaired) electrons. The molecule has 0 aromatic heterocycles. The van der Waals surface area contributed by atoms with Gasteiger partial charge in [-0.25, -0.2) is 4.39 Å². The maximum atomic E-state index is 13.2. The van der Waals surface area contributed by atoms with Crippen LogP contribution in [-0.4, -0.2) is 13.7 Å². The lowest BCUT2D eigenvalue weighted by Crippen LogP contribution is -2.26. The second-order valence-electron chi connectivity index (χ2n) is 3.90. The first-order chi connectivity index (χ1) is 7.31. The summed E-state index contributed by atoms with van der Waals surface area (Å²) in [4.78, 5) is 0. The Morgan fingerprint density at radius 1 is 1.40 bits per heavy atom. The van der Waals surface area contributed by atoms with Crippen molar-refractivity contribution in [3.63, 3.8) is 0 Å². The zero-order valence-electron chi connectivity index (χ0n) is 8.92. The Balaban J connectivity index is 2.20. The van der Waals surface area contributed by atoms with Gasteiger partial charge in [-0.2, -0.15) is 0 Å². The molecule has 1 aliphatic heterocycles. The molecule has 1 N–H and O–H groups in total. The molecule has 1 aromatic carbocycles. The normalized spacial score (nSPS) is 21.3. The highest BCUT2D eigenvalue weighted by molar-refractivity contribution is 5.32. The van der Waals surface area contributed by atoms with Crippen molar-refractivity contribution < 1.29 is 9.13 Å². The van der Waals surface area contributed by atoms with Crippen molar-refractivity contribution >= 4 is 0 Å². The first-order valence-electron chi connectivity index (χ1n) is 5.38. The molecule has 0 unspecified atom stereocenters. The van der Waals surface area contributed by atoms with Crippen LogP contribution in [0.15, 0.2) is 18.2 Å².